The highest BCUT2D eigenvalue weighted by Crippen LogP contribution is 2.12. The zero-order chi connectivity index (χ0) is 15.1. The molecular weight excluding hydrogens is 304 g/mol. The molecular formula is C15H23ClN4O2. The molecule has 0 fully saturated rings. The van der Waals surface area contributed by atoms with E-state index in [9.17, 15) is 9.59 Å². The van der Waals surface area contributed by atoms with Gasteiger partial charge in [0.25, 0.3) is 0 Å². The van der Waals surface area contributed by atoms with E-state index in [1.54, 1.807) is 0 Å². The van der Waals surface area contributed by atoms with Crippen LogP contribution < -0.4 is 16.3 Å². The molecule has 1 heterocycles. The van der Waals surface area contributed by atoms with E-state index >= 15 is 0 Å². The van der Waals surface area contributed by atoms with E-state index < -0.39 is 0 Å². The number of halogens is 1. The van der Waals surface area contributed by atoms with Gasteiger partial charge in [-0.1, -0.05) is 6.07 Å². The van der Waals surface area contributed by atoms with Crippen LogP contribution in [0.3, 0.4) is 0 Å². The maximum absolute atomic E-state index is 11.6. The fourth-order valence-electron chi connectivity index (χ4n) is 2.27. The van der Waals surface area contributed by atoms with Crippen molar-refractivity contribution in [3.8, 4) is 0 Å². The van der Waals surface area contributed by atoms with Crippen molar-refractivity contribution in [1.29, 1.82) is 0 Å². The number of rotatable bonds is 8. The first-order valence-electron chi connectivity index (χ1n) is 7.31. The molecule has 4 N–H and O–H groups in total. The fourth-order valence-corrected chi connectivity index (χ4v) is 2.27. The van der Waals surface area contributed by atoms with Crippen LogP contribution in [0.1, 0.15) is 24.8 Å². The molecule has 1 aromatic carbocycles. The summed E-state index contributed by atoms with van der Waals surface area (Å²) in [6.07, 6.45) is 3.10. The van der Waals surface area contributed by atoms with Gasteiger partial charge in [-0.3, -0.25) is 4.79 Å². The van der Waals surface area contributed by atoms with E-state index in [1.165, 1.54) is 0 Å². The highest BCUT2D eigenvalue weighted by atomic mass is 35.5. The molecule has 0 saturated carbocycles. The van der Waals surface area contributed by atoms with Crippen molar-refractivity contribution in [2.75, 3.05) is 20.1 Å². The molecule has 0 aliphatic carbocycles. The predicted octanol–water partition coefficient (Wildman–Crippen LogP) is 1.33. The van der Waals surface area contributed by atoms with Crippen LogP contribution in [0.25, 0.3) is 11.0 Å². The number of nitrogens with one attached hydrogen (secondary N) is 4. The summed E-state index contributed by atoms with van der Waals surface area (Å²) in [6, 6.07) is 5.83. The number of carbonyl (C=O) groups excluding carboxylic acids is 1. The van der Waals surface area contributed by atoms with Crippen LogP contribution in [-0.4, -0.2) is 36.0 Å². The fraction of sp³-hybridized carbons (Fsp3) is 0.467. The lowest BCUT2D eigenvalue weighted by molar-refractivity contribution is -0.121. The highest BCUT2D eigenvalue weighted by molar-refractivity contribution is 5.85. The SMILES string of the molecule is CNCCCNC(=O)CCCc1ccc2[nH]c(=O)[nH]c2c1.Cl. The number of carbonyl (C=O) groups is 1. The molecule has 1 aromatic heterocycles. The summed E-state index contributed by atoms with van der Waals surface area (Å²) in [6.45, 7) is 1.63. The number of benzene rings is 1. The van der Waals surface area contributed by atoms with Crippen molar-refractivity contribution >= 4 is 29.3 Å². The van der Waals surface area contributed by atoms with Crippen LogP contribution in [0.4, 0.5) is 0 Å². The third-order valence-electron chi connectivity index (χ3n) is 3.38. The average Bonchev–Trinajstić information content (AvgIpc) is 2.83. The van der Waals surface area contributed by atoms with Crippen LogP contribution in [0, 0.1) is 0 Å². The van der Waals surface area contributed by atoms with Crippen molar-refractivity contribution in [2.45, 2.75) is 25.7 Å². The van der Waals surface area contributed by atoms with Gasteiger partial charge >= 0.3 is 5.69 Å². The zero-order valence-electron chi connectivity index (χ0n) is 12.7. The minimum atomic E-state index is -0.192. The van der Waals surface area contributed by atoms with Crippen LogP contribution >= 0.6 is 12.4 Å². The number of aromatic nitrogens is 2. The Morgan fingerprint density at radius 3 is 2.68 bits per heavy atom. The van der Waals surface area contributed by atoms with Gasteiger partial charge < -0.3 is 20.6 Å². The van der Waals surface area contributed by atoms with Crippen molar-refractivity contribution in [1.82, 2.24) is 20.6 Å². The van der Waals surface area contributed by atoms with Crippen molar-refractivity contribution in [3.63, 3.8) is 0 Å². The normalized spacial score (nSPS) is 10.4. The molecule has 0 aliphatic heterocycles. The van der Waals surface area contributed by atoms with Crippen molar-refractivity contribution in [2.24, 2.45) is 0 Å². The summed E-state index contributed by atoms with van der Waals surface area (Å²) in [4.78, 5) is 28.3. The zero-order valence-corrected chi connectivity index (χ0v) is 13.5. The summed E-state index contributed by atoms with van der Waals surface area (Å²) in [5.41, 5.74) is 2.56. The molecule has 22 heavy (non-hydrogen) atoms. The van der Waals surface area contributed by atoms with E-state index in [0.717, 1.165) is 48.9 Å². The number of imidazole rings is 1. The van der Waals surface area contributed by atoms with Gasteiger partial charge in [0.1, 0.15) is 0 Å². The van der Waals surface area contributed by atoms with Gasteiger partial charge in [-0.2, -0.15) is 0 Å². The van der Waals surface area contributed by atoms with Crippen LogP contribution in [0.2, 0.25) is 0 Å². The largest absolute Gasteiger partial charge is 0.356 e. The van der Waals surface area contributed by atoms with E-state index in [2.05, 4.69) is 20.6 Å². The molecule has 0 spiro atoms. The number of fused-ring (bicyclic) bond motifs is 1. The highest BCUT2D eigenvalue weighted by Gasteiger charge is 2.03. The first-order valence-corrected chi connectivity index (χ1v) is 7.31. The molecule has 0 bridgehead atoms. The Bertz CT molecular complexity index is 650. The van der Waals surface area contributed by atoms with Gasteiger partial charge in [-0.15, -0.1) is 12.4 Å². The Hall–Kier alpha value is -1.79. The van der Waals surface area contributed by atoms with E-state index in [-0.39, 0.29) is 24.0 Å². The molecule has 6 nitrogen and oxygen atoms in total. The Balaban J connectivity index is 0.00000242. The minimum absolute atomic E-state index is 0. The van der Waals surface area contributed by atoms with E-state index in [1.807, 2.05) is 25.2 Å². The number of amides is 1. The summed E-state index contributed by atoms with van der Waals surface area (Å²) >= 11 is 0. The van der Waals surface area contributed by atoms with Crippen molar-refractivity contribution < 1.29 is 4.79 Å². The molecule has 0 unspecified atom stereocenters. The molecule has 0 saturated heterocycles. The number of H-pyrrole nitrogens is 2. The first-order chi connectivity index (χ1) is 10.2. The summed E-state index contributed by atoms with van der Waals surface area (Å²) in [7, 11) is 1.90. The molecule has 0 atom stereocenters. The number of hydrogen-bond donors (Lipinski definition) is 4. The summed E-state index contributed by atoms with van der Waals surface area (Å²) < 4.78 is 0. The Kier molecular flexibility index (Phi) is 7.70. The number of aromatic amines is 2. The third kappa shape index (κ3) is 5.54. The summed E-state index contributed by atoms with van der Waals surface area (Å²) in [5, 5.41) is 5.95. The molecule has 2 rings (SSSR count). The second-order valence-electron chi connectivity index (χ2n) is 5.12. The first kappa shape index (κ1) is 18.3. The van der Waals surface area contributed by atoms with Crippen LogP contribution in [0.15, 0.2) is 23.0 Å². The van der Waals surface area contributed by atoms with Gasteiger partial charge in [0.05, 0.1) is 11.0 Å². The van der Waals surface area contributed by atoms with E-state index in [4.69, 9.17) is 0 Å². The minimum Gasteiger partial charge on any atom is -0.356 e. The second-order valence-corrected chi connectivity index (χ2v) is 5.12. The molecule has 7 heteroatoms. The second kappa shape index (κ2) is 9.27. The molecule has 0 radical (unpaired) electrons. The predicted molar refractivity (Wildman–Crippen MR) is 90.7 cm³/mol. The Morgan fingerprint density at radius 2 is 1.91 bits per heavy atom. The number of hydrogen-bond acceptors (Lipinski definition) is 3. The standard InChI is InChI=1S/C15H22N4O2.ClH/c1-16-8-3-9-17-14(20)5-2-4-11-6-7-12-13(10-11)19-15(21)18-12;/h6-7,10,16H,2-5,8-9H2,1H3,(H,17,20)(H2,18,19,21);1H. The van der Waals surface area contributed by atoms with Crippen LogP contribution in [-0.2, 0) is 11.2 Å². The van der Waals surface area contributed by atoms with Crippen LogP contribution in [0.5, 0.6) is 0 Å². The lowest BCUT2D eigenvalue weighted by Crippen LogP contribution is -2.26. The Morgan fingerprint density at radius 1 is 1.14 bits per heavy atom. The lowest BCUT2D eigenvalue weighted by Gasteiger charge is -2.05. The third-order valence-corrected chi connectivity index (χ3v) is 3.38. The molecule has 122 valence electrons. The summed E-state index contributed by atoms with van der Waals surface area (Å²) in [5.74, 6) is 0.0993. The van der Waals surface area contributed by atoms with Crippen molar-refractivity contribution in [3.05, 3.63) is 34.2 Å². The monoisotopic (exact) mass is 326 g/mol. The lowest BCUT2D eigenvalue weighted by atomic mass is 10.1. The smallest absolute Gasteiger partial charge is 0.323 e. The van der Waals surface area contributed by atoms with Gasteiger partial charge in [0.2, 0.25) is 5.91 Å². The van der Waals surface area contributed by atoms with Gasteiger partial charge in [-0.25, -0.2) is 4.79 Å². The Labute approximate surface area is 135 Å². The average molecular weight is 327 g/mol. The molecule has 0 aliphatic rings. The van der Waals surface area contributed by atoms with Gasteiger partial charge in [0.15, 0.2) is 0 Å². The number of aryl methyl sites for hydroxylation is 1. The molecule has 2 aromatic rings. The van der Waals surface area contributed by atoms with Gasteiger partial charge in [-0.05, 0) is 50.6 Å². The van der Waals surface area contributed by atoms with E-state index in [0.29, 0.717) is 6.42 Å². The maximum atomic E-state index is 11.6. The quantitative estimate of drug-likeness (QED) is 0.552. The maximum Gasteiger partial charge on any atom is 0.323 e. The topological polar surface area (TPSA) is 89.8 Å². The van der Waals surface area contributed by atoms with Gasteiger partial charge in [0, 0.05) is 13.0 Å². The molecule has 1 amide bonds.